The quantitative estimate of drug-likeness (QED) is 0.905. The number of rotatable bonds is 4. The first kappa shape index (κ1) is 12.1. The van der Waals surface area contributed by atoms with Crippen molar-refractivity contribution in [2.24, 2.45) is 5.73 Å². The van der Waals surface area contributed by atoms with Crippen LogP contribution in [-0.4, -0.2) is 16.1 Å². The van der Waals surface area contributed by atoms with Gasteiger partial charge in [-0.05, 0) is 17.7 Å². The van der Waals surface area contributed by atoms with E-state index in [2.05, 4.69) is 16.5 Å². The summed E-state index contributed by atoms with van der Waals surface area (Å²) in [4.78, 5) is 4.33. The zero-order valence-corrected chi connectivity index (χ0v) is 10.6. The normalized spacial score (nSPS) is 12.6. The lowest BCUT2D eigenvalue weighted by molar-refractivity contribution is 0.568. The van der Waals surface area contributed by atoms with E-state index in [0.29, 0.717) is 6.54 Å². The van der Waals surface area contributed by atoms with Crippen molar-refractivity contribution in [2.75, 3.05) is 6.54 Å². The lowest BCUT2D eigenvalue weighted by atomic mass is 10.1. The molecular formula is C13H16ClN3. The summed E-state index contributed by atoms with van der Waals surface area (Å²) in [7, 11) is 0. The highest BCUT2D eigenvalue weighted by Crippen LogP contribution is 2.22. The van der Waals surface area contributed by atoms with Crippen molar-refractivity contribution >= 4 is 11.6 Å². The van der Waals surface area contributed by atoms with Crippen LogP contribution in [0.15, 0.2) is 36.7 Å². The average Bonchev–Trinajstić information content (AvgIpc) is 2.78. The molecule has 0 saturated carbocycles. The Kier molecular flexibility index (Phi) is 3.82. The van der Waals surface area contributed by atoms with Crippen LogP contribution < -0.4 is 5.73 Å². The Labute approximate surface area is 106 Å². The van der Waals surface area contributed by atoms with E-state index in [-0.39, 0.29) is 6.04 Å². The predicted molar refractivity (Wildman–Crippen MR) is 70.3 cm³/mol. The third kappa shape index (κ3) is 2.51. The van der Waals surface area contributed by atoms with Gasteiger partial charge in [-0.3, -0.25) is 0 Å². The van der Waals surface area contributed by atoms with Crippen molar-refractivity contribution < 1.29 is 0 Å². The van der Waals surface area contributed by atoms with E-state index < -0.39 is 0 Å². The van der Waals surface area contributed by atoms with Crippen LogP contribution in [0.2, 0.25) is 5.02 Å². The Morgan fingerprint density at radius 2 is 2.29 bits per heavy atom. The van der Waals surface area contributed by atoms with Gasteiger partial charge in [-0.15, -0.1) is 0 Å². The number of nitrogens with two attached hydrogens (primary N) is 1. The van der Waals surface area contributed by atoms with E-state index >= 15 is 0 Å². The summed E-state index contributed by atoms with van der Waals surface area (Å²) in [6.45, 7) is 2.62. The van der Waals surface area contributed by atoms with E-state index in [1.165, 1.54) is 0 Å². The monoisotopic (exact) mass is 249 g/mol. The van der Waals surface area contributed by atoms with E-state index in [0.717, 1.165) is 22.8 Å². The Bertz CT molecular complexity index is 493. The second-order valence-corrected chi connectivity index (χ2v) is 4.35. The maximum absolute atomic E-state index is 6.02. The highest BCUT2D eigenvalue weighted by molar-refractivity contribution is 6.30. The number of aromatic nitrogens is 2. The van der Waals surface area contributed by atoms with Gasteiger partial charge in [0.05, 0.1) is 6.04 Å². The molecule has 4 heteroatoms. The van der Waals surface area contributed by atoms with E-state index in [9.17, 15) is 0 Å². The van der Waals surface area contributed by atoms with Gasteiger partial charge in [0.2, 0.25) is 0 Å². The molecule has 0 aliphatic carbocycles. The lowest BCUT2D eigenvalue weighted by Gasteiger charge is -2.19. The molecule has 2 N–H and O–H groups in total. The minimum Gasteiger partial charge on any atom is -0.328 e. The van der Waals surface area contributed by atoms with Crippen molar-refractivity contribution in [2.45, 2.75) is 19.4 Å². The Morgan fingerprint density at radius 3 is 2.94 bits per heavy atom. The highest BCUT2D eigenvalue weighted by Gasteiger charge is 2.14. The van der Waals surface area contributed by atoms with Crippen LogP contribution in [-0.2, 0) is 6.42 Å². The van der Waals surface area contributed by atoms with Gasteiger partial charge in [0.1, 0.15) is 5.82 Å². The highest BCUT2D eigenvalue weighted by atomic mass is 35.5. The van der Waals surface area contributed by atoms with Crippen LogP contribution >= 0.6 is 11.6 Å². The number of hydrogen-bond donors (Lipinski definition) is 1. The summed E-state index contributed by atoms with van der Waals surface area (Å²) in [6, 6.07) is 7.92. The van der Waals surface area contributed by atoms with Crippen LogP contribution in [0.4, 0.5) is 0 Å². The molecule has 90 valence electrons. The van der Waals surface area contributed by atoms with Crippen molar-refractivity contribution in [3.05, 3.63) is 53.1 Å². The van der Waals surface area contributed by atoms with Gasteiger partial charge in [0.25, 0.3) is 0 Å². The maximum atomic E-state index is 6.02. The molecule has 17 heavy (non-hydrogen) atoms. The predicted octanol–water partition coefficient (Wildman–Crippen LogP) is 2.65. The smallest absolute Gasteiger partial charge is 0.108 e. The molecule has 1 aromatic carbocycles. The first-order valence-electron chi connectivity index (χ1n) is 5.73. The number of benzene rings is 1. The zero-order valence-electron chi connectivity index (χ0n) is 9.81. The van der Waals surface area contributed by atoms with Crippen LogP contribution in [0.1, 0.15) is 24.4 Å². The summed E-state index contributed by atoms with van der Waals surface area (Å²) in [6.07, 6.45) is 4.67. The molecule has 0 amide bonds. The first-order valence-corrected chi connectivity index (χ1v) is 6.11. The van der Waals surface area contributed by atoms with Crippen molar-refractivity contribution in [3.8, 4) is 0 Å². The minimum absolute atomic E-state index is 0.103. The molecule has 0 bridgehead atoms. The van der Waals surface area contributed by atoms with Crippen LogP contribution in [0, 0.1) is 0 Å². The van der Waals surface area contributed by atoms with Crippen molar-refractivity contribution in [1.82, 2.24) is 9.55 Å². The van der Waals surface area contributed by atoms with Crippen molar-refractivity contribution in [3.63, 3.8) is 0 Å². The fraction of sp³-hybridized carbons (Fsp3) is 0.308. The maximum Gasteiger partial charge on any atom is 0.108 e. The Balaban J connectivity index is 2.40. The lowest BCUT2D eigenvalue weighted by Crippen LogP contribution is -2.21. The fourth-order valence-corrected chi connectivity index (χ4v) is 2.22. The minimum atomic E-state index is 0.103. The van der Waals surface area contributed by atoms with Gasteiger partial charge in [-0.25, -0.2) is 4.98 Å². The van der Waals surface area contributed by atoms with Crippen molar-refractivity contribution in [1.29, 1.82) is 0 Å². The van der Waals surface area contributed by atoms with E-state index in [4.69, 9.17) is 17.3 Å². The number of hydrogen-bond acceptors (Lipinski definition) is 2. The summed E-state index contributed by atoms with van der Waals surface area (Å²) in [5.74, 6) is 1.04. The summed E-state index contributed by atoms with van der Waals surface area (Å²) in [5, 5.41) is 0.735. The molecule has 3 nitrogen and oxygen atoms in total. The van der Waals surface area contributed by atoms with Crippen LogP contribution in [0.5, 0.6) is 0 Å². The third-order valence-corrected chi connectivity index (χ3v) is 3.09. The molecule has 0 aliphatic rings. The van der Waals surface area contributed by atoms with Gasteiger partial charge >= 0.3 is 0 Å². The van der Waals surface area contributed by atoms with Gasteiger partial charge in [0, 0.05) is 30.4 Å². The Morgan fingerprint density at radius 1 is 1.47 bits per heavy atom. The van der Waals surface area contributed by atoms with Gasteiger partial charge in [0.15, 0.2) is 0 Å². The van der Waals surface area contributed by atoms with Gasteiger partial charge in [-0.1, -0.05) is 30.7 Å². The standard InChI is InChI=1S/C13H16ClN3/c1-2-13-16-6-7-17(13)12(9-15)10-4-3-5-11(14)8-10/h3-8,12H,2,9,15H2,1H3. The SMILES string of the molecule is CCc1nccn1C(CN)c1cccc(Cl)c1. The third-order valence-electron chi connectivity index (χ3n) is 2.86. The van der Waals surface area contributed by atoms with E-state index in [1.54, 1.807) is 0 Å². The largest absolute Gasteiger partial charge is 0.328 e. The summed E-state index contributed by atoms with van der Waals surface area (Å²) in [5.41, 5.74) is 7.00. The second kappa shape index (κ2) is 5.34. The molecule has 0 spiro atoms. The molecule has 1 heterocycles. The molecule has 1 unspecified atom stereocenters. The number of halogens is 1. The van der Waals surface area contributed by atoms with Gasteiger partial charge in [-0.2, -0.15) is 0 Å². The van der Waals surface area contributed by atoms with E-state index in [1.807, 2.05) is 36.7 Å². The number of aryl methyl sites for hydroxylation is 1. The number of nitrogens with zero attached hydrogens (tertiary/aromatic N) is 2. The molecule has 0 fully saturated rings. The molecule has 0 radical (unpaired) electrons. The molecule has 2 aromatic rings. The zero-order chi connectivity index (χ0) is 12.3. The molecular weight excluding hydrogens is 234 g/mol. The average molecular weight is 250 g/mol. The topological polar surface area (TPSA) is 43.8 Å². The van der Waals surface area contributed by atoms with Crippen LogP contribution in [0.3, 0.4) is 0 Å². The molecule has 1 atom stereocenters. The Hall–Kier alpha value is -1.32. The first-order chi connectivity index (χ1) is 8.26. The molecule has 0 saturated heterocycles. The second-order valence-electron chi connectivity index (χ2n) is 3.91. The van der Waals surface area contributed by atoms with Gasteiger partial charge < -0.3 is 10.3 Å². The molecule has 1 aromatic heterocycles. The number of imidazole rings is 1. The van der Waals surface area contributed by atoms with Crippen LogP contribution in [0.25, 0.3) is 0 Å². The molecule has 2 rings (SSSR count). The molecule has 0 aliphatic heterocycles. The fourth-order valence-electron chi connectivity index (χ4n) is 2.03. The summed E-state index contributed by atoms with van der Waals surface area (Å²) < 4.78 is 2.12. The summed E-state index contributed by atoms with van der Waals surface area (Å²) >= 11 is 6.02.